The summed E-state index contributed by atoms with van der Waals surface area (Å²) in [5.74, 6) is 1.09. The second kappa shape index (κ2) is 5.02. The summed E-state index contributed by atoms with van der Waals surface area (Å²) in [7, 11) is 0. The summed E-state index contributed by atoms with van der Waals surface area (Å²) in [6, 6.07) is 0. The lowest BCUT2D eigenvalue weighted by molar-refractivity contribution is 0.0285. The zero-order valence-corrected chi connectivity index (χ0v) is 9.73. The van der Waals surface area contributed by atoms with Crippen molar-refractivity contribution in [2.75, 3.05) is 0 Å². The Morgan fingerprint density at radius 2 is 1.46 bits per heavy atom. The highest BCUT2D eigenvalue weighted by molar-refractivity contribution is 4.92. The number of rotatable bonds is 6. The van der Waals surface area contributed by atoms with Crippen LogP contribution in [0, 0.1) is 11.3 Å². The average Bonchev–Trinajstić information content (AvgIpc) is 2.03. The Labute approximate surface area is 84.1 Å². The van der Waals surface area contributed by atoms with E-state index in [1.54, 1.807) is 12.8 Å². The molecule has 0 radical (unpaired) electrons. The predicted molar refractivity (Wildman–Crippen MR) is 59.9 cm³/mol. The molecule has 0 aromatic rings. The summed E-state index contributed by atoms with van der Waals surface area (Å²) in [5, 5.41) is 0. The molecule has 0 bridgehead atoms. The maximum atomic E-state index is 2.34. The van der Waals surface area contributed by atoms with Crippen molar-refractivity contribution < 1.29 is 0 Å². The van der Waals surface area contributed by atoms with Crippen LogP contribution in [0.4, 0.5) is 0 Å². The zero-order chi connectivity index (χ0) is 9.73. The molecule has 0 heterocycles. The van der Waals surface area contributed by atoms with E-state index in [2.05, 4.69) is 20.8 Å². The standard InChI is InChI=1S/C13H26/c1-4-7-12-10-13(11-12,8-5-2)9-6-3/h12H,4-11H2,1-3H3. The molecule has 0 N–H and O–H groups in total. The van der Waals surface area contributed by atoms with Crippen molar-refractivity contribution >= 4 is 0 Å². The Morgan fingerprint density at radius 3 is 1.85 bits per heavy atom. The normalized spacial score (nSPS) is 21.5. The summed E-state index contributed by atoms with van der Waals surface area (Å²) in [6.45, 7) is 6.99. The topological polar surface area (TPSA) is 0 Å². The van der Waals surface area contributed by atoms with Gasteiger partial charge in [0.1, 0.15) is 0 Å². The number of hydrogen-bond donors (Lipinski definition) is 0. The molecule has 0 saturated heterocycles. The monoisotopic (exact) mass is 182 g/mol. The second-order valence-electron chi connectivity index (χ2n) is 5.06. The molecule has 1 rings (SSSR count). The molecule has 0 aromatic carbocycles. The second-order valence-corrected chi connectivity index (χ2v) is 5.06. The summed E-state index contributed by atoms with van der Waals surface area (Å²) in [6.07, 6.45) is 11.7. The van der Waals surface area contributed by atoms with Gasteiger partial charge in [-0.15, -0.1) is 0 Å². The molecule has 0 amide bonds. The third-order valence-electron chi connectivity index (χ3n) is 3.70. The fraction of sp³-hybridized carbons (Fsp3) is 1.00. The van der Waals surface area contributed by atoms with Crippen LogP contribution in [0.1, 0.15) is 72.1 Å². The zero-order valence-electron chi connectivity index (χ0n) is 9.73. The van der Waals surface area contributed by atoms with Crippen LogP contribution in [0.15, 0.2) is 0 Å². The lowest BCUT2D eigenvalue weighted by Gasteiger charge is -2.48. The highest BCUT2D eigenvalue weighted by Gasteiger charge is 2.41. The minimum atomic E-state index is 0.795. The summed E-state index contributed by atoms with van der Waals surface area (Å²) in [5.41, 5.74) is 0.795. The molecule has 1 aliphatic carbocycles. The van der Waals surface area contributed by atoms with Gasteiger partial charge in [-0.05, 0) is 37.0 Å². The van der Waals surface area contributed by atoms with Gasteiger partial charge >= 0.3 is 0 Å². The minimum absolute atomic E-state index is 0.795. The summed E-state index contributed by atoms with van der Waals surface area (Å²) in [4.78, 5) is 0. The van der Waals surface area contributed by atoms with Crippen molar-refractivity contribution in [2.24, 2.45) is 11.3 Å². The highest BCUT2D eigenvalue weighted by atomic mass is 14.5. The van der Waals surface area contributed by atoms with E-state index in [1.807, 2.05) is 0 Å². The molecule has 1 saturated carbocycles. The van der Waals surface area contributed by atoms with Crippen LogP contribution >= 0.6 is 0 Å². The maximum Gasteiger partial charge on any atom is -0.0292 e. The Bertz CT molecular complexity index is 123. The first-order valence-corrected chi connectivity index (χ1v) is 6.26. The van der Waals surface area contributed by atoms with Gasteiger partial charge in [0, 0.05) is 0 Å². The van der Waals surface area contributed by atoms with Crippen LogP contribution < -0.4 is 0 Å². The van der Waals surface area contributed by atoms with Gasteiger partial charge in [-0.25, -0.2) is 0 Å². The lowest BCUT2D eigenvalue weighted by atomic mass is 9.57. The van der Waals surface area contributed by atoms with Crippen LogP contribution in [0.5, 0.6) is 0 Å². The van der Waals surface area contributed by atoms with Gasteiger partial charge < -0.3 is 0 Å². The van der Waals surface area contributed by atoms with Crippen LogP contribution in [0.2, 0.25) is 0 Å². The molecular formula is C13H26. The van der Waals surface area contributed by atoms with Gasteiger partial charge in [-0.2, -0.15) is 0 Å². The quantitative estimate of drug-likeness (QED) is 0.554. The summed E-state index contributed by atoms with van der Waals surface area (Å²) < 4.78 is 0. The van der Waals surface area contributed by atoms with Crippen molar-refractivity contribution in [3.63, 3.8) is 0 Å². The van der Waals surface area contributed by atoms with Gasteiger partial charge in [-0.1, -0.05) is 46.5 Å². The molecule has 0 aromatic heterocycles. The molecule has 0 atom stereocenters. The van der Waals surface area contributed by atoms with Gasteiger partial charge in [0.2, 0.25) is 0 Å². The van der Waals surface area contributed by atoms with Gasteiger partial charge in [0.25, 0.3) is 0 Å². The first-order chi connectivity index (χ1) is 6.26. The van der Waals surface area contributed by atoms with E-state index in [4.69, 9.17) is 0 Å². The smallest absolute Gasteiger partial charge is 0.0292 e. The number of hydrogen-bond acceptors (Lipinski definition) is 0. The third kappa shape index (κ3) is 2.72. The molecule has 1 aliphatic rings. The van der Waals surface area contributed by atoms with Gasteiger partial charge in [-0.3, -0.25) is 0 Å². The van der Waals surface area contributed by atoms with E-state index in [1.165, 1.54) is 38.5 Å². The Hall–Kier alpha value is 0. The van der Waals surface area contributed by atoms with Crippen LogP contribution in [0.3, 0.4) is 0 Å². The van der Waals surface area contributed by atoms with Crippen LogP contribution in [0.25, 0.3) is 0 Å². The Morgan fingerprint density at radius 1 is 0.923 bits per heavy atom. The van der Waals surface area contributed by atoms with E-state index in [-0.39, 0.29) is 0 Å². The summed E-state index contributed by atoms with van der Waals surface area (Å²) >= 11 is 0. The van der Waals surface area contributed by atoms with Crippen molar-refractivity contribution in [1.82, 2.24) is 0 Å². The molecule has 0 aliphatic heterocycles. The molecule has 0 heteroatoms. The van der Waals surface area contributed by atoms with Crippen molar-refractivity contribution in [2.45, 2.75) is 72.1 Å². The van der Waals surface area contributed by atoms with E-state index >= 15 is 0 Å². The molecule has 0 unspecified atom stereocenters. The highest BCUT2D eigenvalue weighted by Crippen LogP contribution is 2.53. The molecule has 13 heavy (non-hydrogen) atoms. The molecule has 0 spiro atoms. The van der Waals surface area contributed by atoms with E-state index < -0.39 is 0 Å². The fourth-order valence-electron chi connectivity index (χ4n) is 3.37. The predicted octanol–water partition coefficient (Wildman–Crippen LogP) is 4.78. The largest absolute Gasteiger partial charge is 0.0654 e. The van der Waals surface area contributed by atoms with Crippen molar-refractivity contribution in [3.05, 3.63) is 0 Å². The van der Waals surface area contributed by atoms with Crippen molar-refractivity contribution in [3.8, 4) is 0 Å². The van der Waals surface area contributed by atoms with E-state index in [0.717, 1.165) is 11.3 Å². The molecule has 78 valence electrons. The van der Waals surface area contributed by atoms with Gasteiger partial charge in [0.05, 0.1) is 0 Å². The van der Waals surface area contributed by atoms with Crippen LogP contribution in [-0.4, -0.2) is 0 Å². The Kier molecular flexibility index (Phi) is 4.28. The lowest BCUT2D eigenvalue weighted by Crippen LogP contribution is -2.36. The molecule has 1 fully saturated rings. The first kappa shape index (κ1) is 11.1. The van der Waals surface area contributed by atoms with Crippen LogP contribution in [-0.2, 0) is 0 Å². The van der Waals surface area contributed by atoms with E-state index in [0.29, 0.717) is 0 Å². The molecular weight excluding hydrogens is 156 g/mol. The maximum absolute atomic E-state index is 2.34. The van der Waals surface area contributed by atoms with Gasteiger partial charge in [0.15, 0.2) is 0 Å². The minimum Gasteiger partial charge on any atom is -0.0654 e. The first-order valence-electron chi connectivity index (χ1n) is 6.26. The fourth-order valence-corrected chi connectivity index (χ4v) is 3.37. The van der Waals surface area contributed by atoms with E-state index in [9.17, 15) is 0 Å². The molecule has 0 nitrogen and oxygen atoms in total. The Balaban J connectivity index is 2.29. The third-order valence-corrected chi connectivity index (χ3v) is 3.70. The van der Waals surface area contributed by atoms with Crippen molar-refractivity contribution in [1.29, 1.82) is 0 Å². The average molecular weight is 182 g/mol. The SMILES string of the molecule is CCCC1CC(CCC)(CCC)C1.